The lowest BCUT2D eigenvalue weighted by atomic mass is 9.99. The van der Waals surface area contributed by atoms with Gasteiger partial charge in [-0.05, 0) is 23.8 Å². The van der Waals surface area contributed by atoms with Crippen LogP contribution in [0.15, 0.2) is 42.5 Å². The van der Waals surface area contributed by atoms with Gasteiger partial charge in [-0.25, -0.2) is 9.82 Å². The maximum atomic E-state index is 13.8. The molecule has 94 valence electrons. The summed E-state index contributed by atoms with van der Waals surface area (Å²) in [6, 6.07) is 10.9. The minimum absolute atomic E-state index is 0.341. The lowest BCUT2D eigenvalue weighted by Crippen LogP contribution is -2.29. The van der Waals surface area contributed by atoms with Crippen LogP contribution in [0.3, 0.4) is 0 Å². The third kappa shape index (κ3) is 2.65. The zero-order chi connectivity index (χ0) is 13.1. The summed E-state index contributed by atoms with van der Waals surface area (Å²) in [4.78, 5) is 0. The van der Waals surface area contributed by atoms with Gasteiger partial charge in [-0.1, -0.05) is 47.5 Å². The Balaban J connectivity index is 2.49. The van der Waals surface area contributed by atoms with Gasteiger partial charge < -0.3 is 0 Å². The van der Waals surface area contributed by atoms with E-state index in [0.29, 0.717) is 21.2 Å². The summed E-state index contributed by atoms with van der Waals surface area (Å²) in [5, 5.41) is 0.960. The van der Waals surface area contributed by atoms with E-state index in [1.807, 2.05) is 0 Å². The molecule has 2 aromatic rings. The van der Waals surface area contributed by atoms with Crippen molar-refractivity contribution in [2.24, 2.45) is 5.84 Å². The van der Waals surface area contributed by atoms with Crippen LogP contribution < -0.4 is 11.3 Å². The highest BCUT2D eigenvalue weighted by molar-refractivity contribution is 6.35. The third-order valence-corrected chi connectivity index (χ3v) is 3.22. The highest BCUT2D eigenvalue weighted by atomic mass is 35.5. The van der Waals surface area contributed by atoms with Gasteiger partial charge in [0.1, 0.15) is 5.82 Å². The van der Waals surface area contributed by atoms with E-state index in [9.17, 15) is 4.39 Å². The molecule has 0 saturated carbocycles. The zero-order valence-corrected chi connectivity index (χ0v) is 10.8. The quantitative estimate of drug-likeness (QED) is 0.666. The first kappa shape index (κ1) is 13.3. The van der Waals surface area contributed by atoms with Crippen molar-refractivity contribution in [2.75, 3.05) is 0 Å². The fourth-order valence-corrected chi connectivity index (χ4v) is 2.31. The molecule has 0 fully saturated rings. The Morgan fingerprint density at radius 1 is 1.06 bits per heavy atom. The average Bonchev–Trinajstić information content (AvgIpc) is 2.34. The van der Waals surface area contributed by atoms with E-state index < -0.39 is 6.04 Å². The topological polar surface area (TPSA) is 38.0 Å². The van der Waals surface area contributed by atoms with E-state index in [-0.39, 0.29) is 5.82 Å². The number of hydrogen-bond donors (Lipinski definition) is 2. The molecule has 0 heterocycles. The van der Waals surface area contributed by atoms with Crippen molar-refractivity contribution in [3.63, 3.8) is 0 Å². The first-order valence-electron chi connectivity index (χ1n) is 5.29. The summed E-state index contributed by atoms with van der Waals surface area (Å²) in [5.74, 6) is 5.16. The molecular weight excluding hydrogens is 274 g/mol. The molecule has 0 aliphatic carbocycles. The van der Waals surface area contributed by atoms with E-state index >= 15 is 0 Å². The van der Waals surface area contributed by atoms with E-state index in [4.69, 9.17) is 29.0 Å². The number of benzene rings is 2. The minimum atomic E-state index is -0.518. The summed E-state index contributed by atoms with van der Waals surface area (Å²) in [6.07, 6.45) is 0. The molecule has 2 aromatic carbocycles. The van der Waals surface area contributed by atoms with Crippen LogP contribution in [0.4, 0.5) is 4.39 Å². The normalized spacial score (nSPS) is 12.4. The highest BCUT2D eigenvalue weighted by Gasteiger charge is 2.18. The molecule has 0 aliphatic rings. The number of nitrogens with two attached hydrogens (primary N) is 1. The second-order valence-electron chi connectivity index (χ2n) is 3.79. The monoisotopic (exact) mass is 284 g/mol. The molecule has 5 heteroatoms. The molecule has 2 nitrogen and oxygen atoms in total. The van der Waals surface area contributed by atoms with Crippen molar-refractivity contribution in [3.8, 4) is 0 Å². The minimum Gasteiger partial charge on any atom is -0.271 e. The Morgan fingerprint density at radius 3 is 2.39 bits per heavy atom. The second-order valence-corrected chi connectivity index (χ2v) is 4.63. The Morgan fingerprint density at radius 2 is 1.78 bits per heavy atom. The zero-order valence-electron chi connectivity index (χ0n) is 9.33. The van der Waals surface area contributed by atoms with E-state index in [0.717, 1.165) is 0 Å². The molecule has 2 rings (SSSR count). The molecule has 18 heavy (non-hydrogen) atoms. The van der Waals surface area contributed by atoms with Crippen LogP contribution in [0.1, 0.15) is 17.2 Å². The highest BCUT2D eigenvalue weighted by Crippen LogP contribution is 2.30. The lowest BCUT2D eigenvalue weighted by molar-refractivity contribution is 0.560. The maximum absolute atomic E-state index is 13.8. The van der Waals surface area contributed by atoms with Crippen molar-refractivity contribution in [1.82, 2.24) is 5.43 Å². The number of rotatable bonds is 3. The summed E-state index contributed by atoms with van der Waals surface area (Å²) >= 11 is 11.9. The van der Waals surface area contributed by atoms with Crippen LogP contribution in [0.5, 0.6) is 0 Å². The van der Waals surface area contributed by atoms with Gasteiger partial charge in [-0.3, -0.25) is 5.84 Å². The first-order chi connectivity index (χ1) is 8.63. The van der Waals surface area contributed by atoms with Crippen molar-refractivity contribution in [3.05, 3.63) is 69.5 Å². The molecule has 0 bridgehead atoms. The first-order valence-corrected chi connectivity index (χ1v) is 6.04. The SMILES string of the molecule is NNC(c1ccccc1F)c1ccc(Cl)cc1Cl. The lowest BCUT2D eigenvalue weighted by Gasteiger charge is -2.18. The van der Waals surface area contributed by atoms with Gasteiger partial charge in [0.15, 0.2) is 0 Å². The van der Waals surface area contributed by atoms with E-state index in [2.05, 4.69) is 5.43 Å². The van der Waals surface area contributed by atoms with E-state index in [1.54, 1.807) is 36.4 Å². The number of halogens is 3. The van der Waals surface area contributed by atoms with Crippen LogP contribution in [0.2, 0.25) is 10.0 Å². The Hall–Kier alpha value is -1.13. The van der Waals surface area contributed by atoms with Crippen LogP contribution in [-0.4, -0.2) is 0 Å². The number of hydrogen-bond acceptors (Lipinski definition) is 2. The molecule has 3 N–H and O–H groups in total. The molecule has 0 aliphatic heterocycles. The number of hydrazine groups is 1. The van der Waals surface area contributed by atoms with Gasteiger partial charge in [-0.2, -0.15) is 0 Å². The fraction of sp³-hybridized carbons (Fsp3) is 0.0769. The Kier molecular flexibility index (Phi) is 4.19. The molecule has 0 saturated heterocycles. The van der Waals surface area contributed by atoms with Crippen LogP contribution >= 0.6 is 23.2 Å². The van der Waals surface area contributed by atoms with Gasteiger partial charge in [0.05, 0.1) is 6.04 Å². The van der Waals surface area contributed by atoms with Gasteiger partial charge in [0.2, 0.25) is 0 Å². The standard InChI is InChI=1S/C13H11Cl2FN2/c14-8-5-6-9(11(15)7-8)13(18-17)10-3-1-2-4-12(10)16/h1-7,13,18H,17H2. The summed E-state index contributed by atoms with van der Waals surface area (Å²) in [7, 11) is 0. The number of nitrogens with one attached hydrogen (secondary N) is 1. The van der Waals surface area contributed by atoms with Crippen LogP contribution in [-0.2, 0) is 0 Å². The fourth-order valence-electron chi connectivity index (χ4n) is 1.79. The van der Waals surface area contributed by atoms with Crippen molar-refractivity contribution < 1.29 is 4.39 Å². The molecule has 1 unspecified atom stereocenters. The van der Waals surface area contributed by atoms with Crippen LogP contribution in [0.25, 0.3) is 0 Å². The molecular formula is C13H11Cl2FN2. The van der Waals surface area contributed by atoms with Crippen molar-refractivity contribution in [1.29, 1.82) is 0 Å². The Bertz CT molecular complexity index is 560. The van der Waals surface area contributed by atoms with Crippen LogP contribution in [0, 0.1) is 5.82 Å². The van der Waals surface area contributed by atoms with Gasteiger partial charge in [0.25, 0.3) is 0 Å². The molecule has 1 atom stereocenters. The third-order valence-electron chi connectivity index (χ3n) is 2.66. The predicted octanol–water partition coefficient (Wildman–Crippen LogP) is 3.69. The van der Waals surface area contributed by atoms with Gasteiger partial charge in [0, 0.05) is 15.6 Å². The smallest absolute Gasteiger partial charge is 0.128 e. The molecule has 0 radical (unpaired) electrons. The summed E-state index contributed by atoms with van der Waals surface area (Å²) in [6.45, 7) is 0. The molecule has 0 amide bonds. The molecule has 0 spiro atoms. The van der Waals surface area contributed by atoms with Gasteiger partial charge >= 0.3 is 0 Å². The van der Waals surface area contributed by atoms with Crippen molar-refractivity contribution in [2.45, 2.75) is 6.04 Å². The van der Waals surface area contributed by atoms with Gasteiger partial charge in [-0.15, -0.1) is 0 Å². The Labute approximate surface area is 114 Å². The predicted molar refractivity (Wildman–Crippen MR) is 72.0 cm³/mol. The van der Waals surface area contributed by atoms with E-state index in [1.165, 1.54) is 6.07 Å². The maximum Gasteiger partial charge on any atom is 0.128 e. The van der Waals surface area contributed by atoms with Crippen molar-refractivity contribution >= 4 is 23.2 Å². The summed E-state index contributed by atoms with van der Waals surface area (Å²) < 4.78 is 13.8. The second kappa shape index (κ2) is 5.67. The summed E-state index contributed by atoms with van der Waals surface area (Å²) in [5.41, 5.74) is 3.68. The largest absolute Gasteiger partial charge is 0.271 e. The average molecular weight is 285 g/mol. The molecule has 0 aromatic heterocycles.